The number of hydrogen-bond donors (Lipinski definition) is 0. The monoisotopic (exact) mass is 357 g/mol. The Labute approximate surface area is 154 Å². The minimum atomic E-state index is -0.127. The van der Waals surface area contributed by atoms with E-state index in [2.05, 4.69) is 0 Å². The summed E-state index contributed by atoms with van der Waals surface area (Å²) in [5.41, 5.74) is 2.99. The van der Waals surface area contributed by atoms with Gasteiger partial charge in [-0.15, -0.1) is 0 Å². The Morgan fingerprint density at radius 3 is 2.88 bits per heavy atom. The second-order valence-electron chi connectivity index (χ2n) is 8.34. The number of ether oxygens (including phenoxy) is 3. The maximum absolute atomic E-state index is 12.8. The molecule has 1 atom stereocenters. The minimum absolute atomic E-state index is 0.115. The molecule has 1 aromatic carbocycles. The van der Waals surface area contributed by atoms with Crippen LogP contribution in [0, 0.1) is 11.8 Å². The van der Waals surface area contributed by atoms with E-state index in [1.165, 1.54) is 18.4 Å². The third-order valence-electron chi connectivity index (χ3n) is 6.43. The fourth-order valence-corrected chi connectivity index (χ4v) is 4.53. The van der Waals surface area contributed by atoms with E-state index in [1.54, 1.807) is 0 Å². The molecule has 0 unspecified atom stereocenters. The first kappa shape index (κ1) is 16.7. The Morgan fingerprint density at radius 2 is 2.04 bits per heavy atom. The standard InChI is InChI=1S/C21H27NO4/c23-20(16-3-4-17-11-25-12-18(17)9-16)22-13-21(14-22)19(6-8-26-21)5-7-24-10-15-1-2-15/h3-4,9,15,19H,1-2,5-8,10-14H2/t19-/m0/s1. The van der Waals surface area contributed by atoms with Crippen molar-refractivity contribution in [3.8, 4) is 0 Å². The lowest BCUT2D eigenvalue weighted by Gasteiger charge is -2.50. The number of hydrogen-bond acceptors (Lipinski definition) is 4. The van der Waals surface area contributed by atoms with Gasteiger partial charge in [-0.1, -0.05) is 6.07 Å². The lowest BCUT2D eigenvalue weighted by atomic mass is 9.79. The molecule has 0 bridgehead atoms. The summed E-state index contributed by atoms with van der Waals surface area (Å²) in [6.45, 7) is 5.27. The van der Waals surface area contributed by atoms with Crippen LogP contribution in [0.4, 0.5) is 0 Å². The van der Waals surface area contributed by atoms with Gasteiger partial charge < -0.3 is 19.1 Å². The van der Waals surface area contributed by atoms with Crippen LogP contribution in [0.5, 0.6) is 0 Å². The van der Waals surface area contributed by atoms with Crippen molar-refractivity contribution in [3.63, 3.8) is 0 Å². The van der Waals surface area contributed by atoms with E-state index in [4.69, 9.17) is 14.2 Å². The van der Waals surface area contributed by atoms with E-state index in [9.17, 15) is 4.79 Å². The molecule has 3 aliphatic heterocycles. The first-order chi connectivity index (χ1) is 12.7. The van der Waals surface area contributed by atoms with Crippen molar-refractivity contribution in [1.82, 2.24) is 4.90 Å². The van der Waals surface area contributed by atoms with E-state index >= 15 is 0 Å². The average Bonchev–Trinajstić information content (AvgIpc) is 3.16. The minimum Gasteiger partial charge on any atom is -0.381 e. The Hall–Kier alpha value is -1.43. The number of nitrogens with zero attached hydrogens (tertiary/aromatic N) is 1. The van der Waals surface area contributed by atoms with Crippen molar-refractivity contribution in [3.05, 3.63) is 34.9 Å². The van der Waals surface area contributed by atoms with Gasteiger partial charge in [0.15, 0.2) is 0 Å². The van der Waals surface area contributed by atoms with Crippen LogP contribution in [-0.4, -0.2) is 49.3 Å². The first-order valence-electron chi connectivity index (χ1n) is 9.94. The van der Waals surface area contributed by atoms with Crippen LogP contribution >= 0.6 is 0 Å². The lowest BCUT2D eigenvalue weighted by Crippen LogP contribution is -2.66. The van der Waals surface area contributed by atoms with Crippen LogP contribution in [0.25, 0.3) is 0 Å². The van der Waals surface area contributed by atoms with Crippen LogP contribution in [-0.2, 0) is 27.4 Å². The lowest BCUT2D eigenvalue weighted by molar-refractivity contribution is -0.120. The third-order valence-corrected chi connectivity index (χ3v) is 6.43. The Kier molecular flexibility index (Phi) is 4.26. The Morgan fingerprint density at radius 1 is 1.19 bits per heavy atom. The fraction of sp³-hybridized carbons (Fsp3) is 0.667. The number of carbonyl (C=O) groups is 1. The largest absolute Gasteiger partial charge is 0.381 e. The van der Waals surface area contributed by atoms with Crippen molar-refractivity contribution in [1.29, 1.82) is 0 Å². The molecule has 1 aliphatic carbocycles. The molecule has 0 N–H and O–H groups in total. The van der Waals surface area contributed by atoms with Gasteiger partial charge in [-0.3, -0.25) is 4.79 Å². The smallest absolute Gasteiger partial charge is 0.254 e. The van der Waals surface area contributed by atoms with E-state index in [1.807, 2.05) is 23.1 Å². The van der Waals surface area contributed by atoms with Gasteiger partial charge in [-0.25, -0.2) is 0 Å². The molecule has 5 nitrogen and oxygen atoms in total. The molecule has 5 rings (SSSR count). The molecule has 5 heteroatoms. The van der Waals surface area contributed by atoms with Gasteiger partial charge in [0.05, 0.1) is 26.3 Å². The topological polar surface area (TPSA) is 48.0 Å². The van der Waals surface area contributed by atoms with Gasteiger partial charge in [0.1, 0.15) is 5.60 Å². The van der Waals surface area contributed by atoms with E-state index in [-0.39, 0.29) is 11.5 Å². The molecule has 140 valence electrons. The molecule has 0 aromatic heterocycles. The van der Waals surface area contributed by atoms with Gasteiger partial charge in [-0.05, 0) is 60.8 Å². The van der Waals surface area contributed by atoms with Gasteiger partial charge >= 0.3 is 0 Å². The molecule has 1 saturated carbocycles. The molecule has 3 fully saturated rings. The quantitative estimate of drug-likeness (QED) is 0.735. The number of fused-ring (bicyclic) bond motifs is 1. The summed E-state index contributed by atoms with van der Waals surface area (Å²) in [4.78, 5) is 14.8. The molecule has 2 saturated heterocycles. The third kappa shape index (κ3) is 3.06. The van der Waals surface area contributed by atoms with Crippen molar-refractivity contribution < 1.29 is 19.0 Å². The average molecular weight is 357 g/mol. The summed E-state index contributed by atoms with van der Waals surface area (Å²) in [6, 6.07) is 5.95. The van der Waals surface area contributed by atoms with Crippen molar-refractivity contribution in [2.75, 3.05) is 32.9 Å². The summed E-state index contributed by atoms with van der Waals surface area (Å²) >= 11 is 0. The summed E-state index contributed by atoms with van der Waals surface area (Å²) in [5, 5.41) is 0. The molecule has 1 spiro atoms. The molecule has 1 aromatic rings. The molecule has 4 aliphatic rings. The molecule has 0 radical (unpaired) electrons. The zero-order valence-electron chi connectivity index (χ0n) is 15.2. The van der Waals surface area contributed by atoms with Crippen LogP contribution in [0.2, 0.25) is 0 Å². The Bertz CT molecular complexity index is 693. The number of amides is 1. The highest BCUT2D eigenvalue weighted by Crippen LogP contribution is 2.42. The van der Waals surface area contributed by atoms with Crippen LogP contribution in [0.1, 0.15) is 47.2 Å². The normalized spacial score (nSPS) is 26.2. The summed E-state index contributed by atoms with van der Waals surface area (Å²) in [5.74, 6) is 1.45. The SMILES string of the molecule is O=C(c1ccc2c(c1)COC2)N1CC2(C1)OCC[C@@H]2CCOCC1CC1. The molecule has 1 amide bonds. The summed E-state index contributed by atoms with van der Waals surface area (Å²) < 4.78 is 17.4. The number of carbonyl (C=O) groups excluding carboxylic acids is 1. The molecular formula is C21H27NO4. The van der Waals surface area contributed by atoms with Gasteiger partial charge in [0.25, 0.3) is 5.91 Å². The van der Waals surface area contributed by atoms with E-state index in [0.29, 0.717) is 32.2 Å². The van der Waals surface area contributed by atoms with Gasteiger partial charge in [0, 0.05) is 25.4 Å². The second-order valence-corrected chi connectivity index (χ2v) is 8.34. The maximum atomic E-state index is 12.8. The van der Waals surface area contributed by atoms with Crippen LogP contribution in [0.15, 0.2) is 18.2 Å². The number of benzene rings is 1. The second kappa shape index (κ2) is 6.63. The number of likely N-dealkylation sites (tertiary alicyclic amines) is 1. The van der Waals surface area contributed by atoms with Crippen LogP contribution in [0.3, 0.4) is 0 Å². The van der Waals surface area contributed by atoms with E-state index < -0.39 is 0 Å². The molecular weight excluding hydrogens is 330 g/mol. The zero-order valence-corrected chi connectivity index (χ0v) is 15.2. The molecule has 26 heavy (non-hydrogen) atoms. The summed E-state index contributed by atoms with van der Waals surface area (Å²) in [6.07, 6.45) is 4.81. The predicted molar refractivity (Wildman–Crippen MR) is 95.8 cm³/mol. The van der Waals surface area contributed by atoms with Gasteiger partial charge in [-0.2, -0.15) is 0 Å². The summed E-state index contributed by atoms with van der Waals surface area (Å²) in [7, 11) is 0. The van der Waals surface area contributed by atoms with E-state index in [0.717, 1.165) is 49.7 Å². The fourth-order valence-electron chi connectivity index (χ4n) is 4.53. The van der Waals surface area contributed by atoms with Crippen molar-refractivity contribution in [2.24, 2.45) is 11.8 Å². The Balaban J connectivity index is 1.16. The number of rotatable bonds is 6. The van der Waals surface area contributed by atoms with Crippen molar-refractivity contribution >= 4 is 5.91 Å². The zero-order chi connectivity index (χ0) is 17.6. The predicted octanol–water partition coefficient (Wildman–Crippen LogP) is 2.76. The van der Waals surface area contributed by atoms with Crippen LogP contribution < -0.4 is 0 Å². The maximum Gasteiger partial charge on any atom is 0.254 e. The highest BCUT2D eigenvalue weighted by Gasteiger charge is 2.54. The first-order valence-corrected chi connectivity index (χ1v) is 9.94. The van der Waals surface area contributed by atoms with Crippen molar-refractivity contribution in [2.45, 2.75) is 44.5 Å². The van der Waals surface area contributed by atoms with Gasteiger partial charge in [0.2, 0.25) is 0 Å². The highest BCUT2D eigenvalue weighted by molar-refractivity contribution is 5.95. The molecule has 3 heterocycles. The highest BCUT2D eigenvalue weighted by atomic mass is 16.5.